The molecule has 13 nitrogen and oxygen atoms in total. The molecule has 0 saturated heterocycles. The number of amides is 4. The number of hydrogen-bond donors (Lipinski definition) is 9. The number of carboxylic acid groups (broad SMARTS) is 1. The van der Waals surface area contributed by atoms with Gasteiger partial charge in [-0.05, 0) is 37.5 Å². The highest BCUT2D eigenvalue weighted by Gasteiger charge is 2.31. The van der Waals surface area contributed by atoms with Crippen LogP contribution in [0.4, 0.5) is 0 Å². The molecule has 0 bridgehead atoms. The minimum Gasteiger partial charge on any atom is -0.508 e. The molecular formula is C21H31N5O8S. The maximum Gasteiger partial charge on any atom is 0.328 e. The zero-order chi connectivity index (χ0) is 26.7. The number of aliphatic hydroxyl groups is 1. The van der Waals surface area contributed by atoms with Crippen molar-refractivity contribution in [3.05, 3.63) is 29.8 Å². The number of aliphatic carboxylic acids is 1. The number of carbonyl (C=O) groups excluding carboxylic acids is 4. The Labute approximate surface area is 207 Å². The molecule has 0 heterocycles. The van der Waals surface area contributed by atoms with Crippen LogP contribution in [-0.4, -0.2) is 80.9 Å². The molecule has 1 rings (SSSR count). The maximum absolute atomic E-state index is 12.7. The number of aromatic hydroxyl groups is 1. The van der Waals surface area contributed by atoms with Crippen LogP contribution >= 0.6 is 12.6 Å². The van der Waals surface area contributed by atoms with E-state index in [1.165, 1.54) is 12.1 Å². The molecule has 1 aromatic rings. The topological polar surface area (TPSA) is 234 Å². The van der Waals surface area contributed by atoms with E-state index in [1.807, 2.05) is 0 Å². The number of primary amides is 1. The van der Waals surface area contributed by atoms with E-state index in [4.69, 9.17) is 16.6 Å². The summed E-state index contributed by atoms with van der Waals surface area (Å²) in [7, 11) is 0. The molecule has 0 aliphatic heterocycles. The van der Waals surface area contributed by atoms with Crippen LogP contribution in [0.25, 0.3) is 0 Å². The first-order valence-electron chi connectivity index (χ1n) is 10.6. The number of hydrogen-bond acceptors (Lipinski definition) is 9. The fourth-order valence-corrected chi connectivity index (χ4v) is 3.18. The predicted octanol–water partition coefficient (Wildman–Crippen LogP) is -2.62. The number of thiol groups is 1. The Morgan fingerprint density at radius 2 is 1.51 bits per heavy atom. The third kappa shape index (κ3) is 10.2. The Kier molecular flexibility index (Phi) is 12.0. The second-order valence-electron chi connectivity index (χ2n) is 7.85. The number of rotatable bonds is 14. The molecule has 0 aromatic heterocycles. The quantitative estimate of drug-likeness (QED) is 0.118. The van der Waals surface area contributed by atoms with Crippen LogP contribution < -0.4 is 27.4 Å². The van der Waals surface area contributed by atoms with Crippen molar-refractivity contribution >= 4 is 42.2 Å². The molecule has 0 fully saturated rings. The molecular weight excluding hydrogens is 482 g/mol. The van der Waals surface area contributed by atoms with E-state index >= 15 is 0 Å². The normalized spacial score (nSPS) is 15.1. The third-order valence-electron chi connectivity index (χ3n) is 4.90. The van der Waals surface area contributed by atoms with Crippen LogP contribution in [0.1, 0.15) is 25.3 Å². The van der Waals surface area contributed by atoms with E-state index in [9.17, 15) is 34.2 Å². The van der Waals surface area contributed by atoms with E-state index < -0.39 is 59.9 Å². The Balaban J connectivity index is 2.86. The molecule has 0 aliphatic rings. The summed E-state index contributed by atoms with van der Waals surface area (Å²) >= 11 is 4.05. The van der Waals surface area contributed by atoms with Gasteiger partial charge in [0.25, 0.3) is 0 Å². The predicted molar refractivity (Wildman–Crippen MR) is 127 cm³/mol. The Morgan fingerprint density at radius 3 is 2.00 bits per heavy atom. The summed E-state index contributed by atoms with van der Waals surface area (Å²) in [5, 5.41) is 34.9. The Hall–Kier alpha value is -3.36. The van der Waals surface area contributed by atoms with Gasteiger partial charge in [0.2, 0.25) is 23.6 Å². The summed E-state index contributed by atoms with van der Waals surface area (Å²) in [5.74, 6) is -4.86. The zero-order valence-electron chi connectivity index (χ0n) is 19.0. The lowest BCUT2D eigenvalue weighted by Crippen LogP contribution is -2.58. The lowest BCUT2D eigenvalue weighted by Gasteiger charge is -2.25. The van der Waals surface area contributed by atoms with Crippen molar-refractivity contribution in [3.63, 3.8) is 0 Å². The van der Waals surface area contributed by atoms with Gasteiger partial charge in [-0.25, -0.2) is 4.79 Å². The number of phenols is 1. The number of phenolic OH excluding ortho intramolecular Hbond substituents is 1. The summed E-state index contributed by atoms with van der Waals surface area (Å²) in [4.78, 5) is 60.2. The number of benzene rings is 1. The smallest absolute Gasteiger partial charge is 0.328 e. The molecule has 0 saturated carbocycles. The molecule has 0 radical (unpaired) electrons. The summed E-state index contributed by atoms with van der Waals surface area (Å²) in [6, 6.07) is 0.754. The standard InChI is InChI=1S/C21H31N5O8S/c1-10(27)17(21(33)34)26-19(31)14(6-7-16(23)29)24-20(32)15(9-35)25-18(30)13(22)8-11-2-4-12(28)5-3-11/h2-5,10,13-15,17,27-28,35H,6-9,22H2,1H3,(H2,23,29)(H,24,32)(H,25,30)(H,26,31)(H,33,34). The monoisotopic (exact) mass is 513 g/mol. The average molecular weight is 514 g/mol. The largest absolute Gasteiger partial charge is 0.508 e. The Morgan fingerprint density at radius 1 is 0.971 bits per heavy atom. The van der Waals surface area contributed by atoms with Gasteiger partial charge in [0.15, 0.2) is 6.04 Å². The molecule has 5 atom stereocenters. The minimum absolute atomic E-state index is 0.0524. The van der Waals surface area contributed by atoms with Gasteiger partial charge in [-0.15, -0.1) is 0 Å². The van der Waals surface area contributed by atoms with Gasteiger partial charge in [-0.3, -0.25) is 19.2 Å². The highest BCUT2D eigenvalue weighted by molar-refractivity contribution is 7.80. The van der Waals surface area contributed by atoms with Crippen LogP contribution in [0, 0.1) is 0 Å². The van der Waals surface area contributed by atoms with E-state index in [0.29, 0.717) is 5.56 Å². The lowest BCUT2D eigenvalue weighted by molar-refractivity contribution is -0.145. The van der Waals surface area contributed by atoms with Crippen LogP contribution in [0.3, 0.4) is 0 Å². The first-order valence-corrected chi connectivity index (χ1v) is 11.2. The van der Waals surface area contributed by atoms with Crippen molar-refractivity contribution in [1.82, 2.24) is 16.0 Å². The van der Waals surface area contributed by atoms with Crippen molar-refractivity contribution in [2.75, 3.05) is 5.75 Å². The molecule has 35 heavy (non-hydrogen) atoms. The molecule has 0 aliphatic carbocycles. The second-order valence-corrected chi connectivity index (χ2v) is 8.22. The van der Waals surface area contributed by atoms with Crippen LogP contribution in [0.15, 0.2) is 24.3 Å². The zero-order valence-corrected chi connectivity index (χ0v) is 19.9. The molecule has 194 valence electrons. The third-order valence-corrected chi connectivity index (χ3v) is 5.27. The van der Waals surface area contributed by atoms with E-state index in [0.717, 1.165) is 6.92 Å². The number of nitrogens with one attached hydrogen (secondary N) is 3. The van der Waals surface area contributed by atoms with Gasteiger partial charge in [0.05, 0.1) is 12.1 Å². The number of carbonyl (C=O) groups is 5. The van der Waals surface area contributed by atoms with E-state index in [1.54, 1.807) is 12.1 Å². The summed E-state index contributed by atoms with van der Waals surface area (Å²) in [6.07, 6.45) is -1.89. The van der Waals surface area contributed by atoms with Crippen molar-refractivity contribution < 1.29 is 39.3 Å². The van der Waals surface area contributed by atoms with Crippen LogP contribution in [0.2, 0.25) is 0 Å². The van der Waals surface area contributed by atoms with Gasteiger partial charge in [-0.2, -0.15) is 12.6 Å². The molecule has 0 spiro atoms. The van der Waals surface area contributed by atoms with Gasteiger partial charge in [-0.1, -0.05) is 12.1 Å². The minimum atomic E-state index is -1.66. The van der Waals surface area contributed by atoms with Crippen LogP contribution in [0.5, 0.6) is 5.75 Å². The SMILES string of the molecule is CC(O)C(NC(=O)C(CCC(N)=O)NC(=O)C(CS)NC(=O)C(N)Cc1ccc(O)cc1)C(=O)O. The van der Waals surface area contributed by atoms with Crippen molar-refractivity contribution in [1.29, 1.82) is 0 Å². The van der Waals surface area contributed by atoms with Crippen molar-refractivity contribution in [3.8, 4) is 5.75 Å². The average Bonchev–Trinajstić information content (AvgIpc) is 2.78. The first kappa shape index (κ1) is 29.7. The lowest BCUT2D eigenvalue weighted by atomic mass is 10.1. The highest BCUT2D eigenvalue weighted by atomic mass is 32.1. The molecule has 10 N–H and O–H groups in total. The number of aliphatic hydroxyl groups excluding tert-OH is 1. The van der Waals surface area contributed by atoms with Gasteiger partial charge in [0, 0.05) is 12.2 Å². The second kappa shape index (κ2) is 14.1. The number of nitrogens with two attached hydrogens (primary N) is 2. The number of carboxylic acids is 1. The fourth-order valence-electron chi connectivity index (χ4n) is 2.92. The van der Waals surface area contributed by atoms with Crippen LogP contribution in [-0.2, 0) is 30.4 Å². The van der Waals surface area contributed by atoms with Gasteiger partial charge < -0.3 is 42.7 Å². The van der Waals surface area contributed by atoms with E-state index in [2.05, 4.69) is 28.6 Å². The molecule has 1 aromatic carbocycles. The fraction of sp³-hybridized carbons (Fsp3) is 0.476. The van der Waals surface area contributed by atoms with Crippen molar-refractivity contribution in [2.45, 2.75) is 56.5 Å². The maximum atomic E-state index is 12.7. The molecule has 14 heteroatoms. The summed E-state index contributed by atoms with van der Waals surface area (Å²) in [6.45, 7) is 1.16. The van der Waals surface area contributed by atoms with Gasteiger partial charge in [0.1, 0.15) is 17.8 Å². The summed E-state index contributed by atoms with van der Waals surface area (Å²) in [5.41, 5.74) is 11.7. The van der Waals surface area contributed by atoms with Gasteiger partial charge >= 0.3 is 5.97 Å². The molecule has 5 unspecified atom stereocenters. The first-order chi connectivity index (χ1) is 16.3. The molecule has 4 amide bonds. The highest BCUT2D eigenvalue weighted by Crippen LogP contribution is 2.11. The van der Waals surface area contributed by atoms with Crippen molar-refractivity contribution in [2.24, 2.45) is 11.5 Å². The summed E-state index contributed by atoms with van der Waals surface area (Å²) < 4.78 is 0. The Bertz CT molecular complexity index is 911. The van der Waals surface area contributed by atoms with E-state index in [-0.39, 0.29) is 30.8 Å².